The lowest BCUT2D eigenvalue weighted by Crippen LogP contribution is -2.16. The Morgan fingerprint density at radius 2 is 2.05 bits per heavy atom. The Balaban J connectivity index is 3.40. The molecule has 19 heavy (non-hydrogen) atoms. The molecule has 0 bridgehead atoms. The van der Waals surface area contributed by atoms with Crippen LogP contribution in [0.1, 0.15) is 23.2 Å². The van der Waals surface area contributed by atoms with E-state index in [9.17, 15) is 26.7 Å². The predicted octanol–water partition coefficient (Wildman–Crippen LogP) is 3.41. The number of pyridine rings is 1. The van der Waals surface area contributed by atoms with Gasteiger partial charge in [0.25, 0.3) is 6.43 Å². The van der Waals surface area contributed by atoms with Crippen LogP contribution >= 0.6 is 11.6 Å². The molecular formula is C10H7ClF5NO2. The quantitative estimate of drug-likeness (QED) is 0.634. The van der Waals surface area contributed by atoms with Crippen molar-refractivity contribution >= 4 is 17.6 Å². The molecule has 0 aromatic carbocycles. The van der Waals surface area contributed by atoms with Gasteiger partial charge in [-0.3, -0.25) is 9.78 Å². The van der Waals surface area contributed by atoms with E-state index in [1.807, 2.05) is 0 Å². The van der Waals surface area contributed by atoms with Crippen molar-refractivity contribution in [3.63, 3.8) is 0 Å². The van der Waals surface area contributed by atoms with Gasteiger partial charge in [0.15, 0.2) is 0 Å². The molecule has 9 heteroatoms. The molecule has 1 aromatic heterocycles. The second-order valence-electron chi connectivity index (χ2n) is 3.41. The molecule has 0 unspecified atom stereocenters. The highest BCUT2D eigenvalue weighted by molar-refractivity contribution is 6.32. The van der Waals surface area contributed by atoms with E-state index in [-0.39, 0.29) is 0 Å². The number of ether oxygens (including phenoxy) is 1. The van der Waals surface area contributed by atoms with Gasteiger partial charge >= 0.3 is 12.1 Å². The average molecular weight is 304 g/mol. The third kappa shape index (κ3) is 3.52. The van der Waals surface area contributed by atoms with E-state index in [0.717, 1.165) is 7.11 Å². The van der Waals surface area contributed by atoms with E-state index in [1.54, 1.807) is 0 Å². The summed E-state index contributed by atoms with van der Waals surface area (Å²) in [6, 6.07) is 0. The van der Waals surface area contributed by atoms with Crippen LogP contribution in [0.5, 0.6) is 0 Å². The summed E-state index contributed by atoms with van der Waals surface area (Å²) in [5.74, 6) is -0.965. The number of esters is 1. The summed E-state index contributed by atoms with van der Waals surface area (Å²) in [4.78, 5) is 14.1. The first kappa shape index (κ1) is 15.6. The molecular weight excluding hydrogens is 297 g/mol. The van der Waals surface area contributed by atoms with Crippen LogP contribution in [0.4, 0.5) is 22.0 Å². The Labute approximate surface area is 109 Å². The standard InChI is InChI=1S/C10H7ClF5NO2/c1-19-5(18)2-4-3-17-8(9(12)13)7(11)6(4)10(14,15)16/h3,9H,2H2,1H3. The number of hydrogen-bond donors (Lipinski definition) is 0. The van der Waals surface area contributed by atoms with Crippen molar-refractivity contribution in [3.05, 3.63) is 28.0 Å². The van der Waals surface area contributed by atoms with Crippen LogP contribution in [0.25, 0.3) is 0 Å². The van der Waals surface area contributed by atoms with E-state index >= 15 is 0 Å². The van der Waals surface area contributed by atoms with Gasteiger partial charge in [0.05, 0.1) is 24.1 Å². The van der Waals surface area contributed by atoms with E-state index < -0.39 is 46.8 Å². The first-order valence-electron chi connectivity index (χ1n) is 4.78. The van der Waals surface area contributed by atoms with Gasteiger partial charge in [0.1, 0.15) is 5.69 Å². The lowest BCUT2D eigenvalue weighted by atomic mass is 10.1. The maximum atomic E-state index is 12.8. The van der Waals surface area contributed by atoms with Crippen LogP contribution in [-0.2, 0) is 22.1 Å². The Morgan fingerprint density at radius 3 is 2.47 bits per heavy atom. The SMILES string of the molecule is COC(=O)Cc1cnc(C(F)F)c(Cl)c1C(F)(F)F. The van der Waals surface area contributed by atoms with Crippen molar-refractivity contribution in [3.8, 4) is 0 Å². The highest BCUT2D eigenvalue weighted by atomic mass is 35.5. The number of alkyl halides is 5. The molecule has 0 aliphatic rings. The molecule has 1 rings (SSSR count). The number of halogens is 6. The lowest BCUT2D eigenvalue weighted by Gasteiger charge is -2.15. The third-order valence-corrected chi connectivity index (χ3v) is 2.56. The molecule has 0 amide bonds. The predicted molar refractivity (Wildman–Crippen MR) is 54.9 cm³/mol. The zero-order valence-corrected chi connectivity index (χ0v) is 10.1. The summed E-state index contributed by atoms with van der Waals surface area (Å²) in [6.07, 6.45) is -8.44. The minimum absolute atomic E-state index is 0.549. The Morgan fingerprint density at radius 1 is 1.47 bits per heavy atom. The van der Waals surface area contributed by atoms with Gasteiger partial charge in [-0.05, 0) is 5.56 Å². The van der Waals surface area contributed by atoms with E-state index in [0.29, 0.717) is 6.20 Å². The Hall–Kier alpha value is -1.44. The topological polar surface area (TPSA) is 39.2 Å². The minimum Gasteiger partial charge on any atom is -0.469 e. The number of hydrogen-bond acceptors (Lipinski definition) is 3. The summed E-state index contributed by atoms with van der Waals surface area (Å²) < 4.78 is 67.5. The van der Waals surface area contributed by atoms with Crippen LogP contribution in [0, 0.1) is 0 Å². The van der Waals surface area contributed by atoms with Gasteiger partial charge in [0.2, 0.25) is 0 Å². The summed E-state index contributed by atoms with van der Waals surface area (Å²) in [5, 5.41) is -1.20. The first-order chi connectivity index (χ1) is 8.68. The molecule has 106 valence electrons. The number of carbonyl (C=O) groups excluding carboxylic acids is 1. The van der Waals surface area contributed by atoms with Gasteiger partial charge in [-0.15, -0.1) is 0 Å². The Bertz CT molecular complexity index is 490. The summed E-state index contributed by atoms with van der Waals surface area (Å²) in [7, 11) is 0.984. The van der Waals surface area contributed by atoms with Crippen molar-refractivity contribution in [2.75, 3.05) is 7.11 Å². The van der Waals surface area contributed by atoms with Crippen LogP contribution in [0.3, 0.4) is 0 Å². The Kier molecular flexibility index (Phi) is 4.67. The minimum atomic E-state index is -4.98. The van der Waals surface area contributed by atoms with E-state index in [1.165, 1.54) is 0 Å². The second kappa shape index (κ2) is 5.68. The van der Waals surface area contributed by atoms with Gasteiger partial charge in [-0.1, -0.05) is 11.6 Å². The largest absolute Gasteiger partial charge is 0.469 e. The van der Waals surface area contributed by atoms with Crippen molar-refractivity contribution in [2.45, 2.75) is 19.0 Å². The van der Waals surface area contributed by atoms with Gasteiger partial charge in [-0.2, -0.15) is 13.2 Å². The molecule has 0 atom stereocenters. The van der Waals surface area contributed by atoms with Gasteiger partial charge in [-0.25, -0.2) is 8.78 Å². The van der Waals surface area contributed by atoms with Gasteiger partial charge < -0.3 is 4.74 Å². The monoisotopic (exact) mass is 303 g/mol. The van der Waals surface area contributed by atoms with Crippen LogP contribution in [0.2, 0.25) is 5.02 Å². The molecule has 0 saturated carbocycles. The molecule has 0 aliphatic heterocycles. The maximum absolute atomic E-state index is 12.8. The molecule has 0 spiro atoms. The highest BCUT2D eigenvalue weighted by Gasteiger charge is 2.39. The van der Waals surface area contributed by atoms with Crippen molar-refractivity contribution in [2.24, 2.45) is 0 Å². The number of carbonyl (C=O) groups is 1. The number of methoxy groups -OCH3 is 1. The molecule has 1 aromatic rings. The van der Waals surface area contributed by atoms with E-state index in [2.05, 4.69) is 9.72 Å². The summed E-state index contributed by atoms with van der Waals surface area (Å²) in [5.41, 5.74) is -3.29. The molecule has 0 aliphatic carbocycles. The van der Waals surface area contributed by atoms with Gasteiger partial charge in [0, 0.05) is 6.20 Å². The fourth-order valence-electron chi connectivity index (χ4n) is 1.36. The zero-order chi connectivity index (χ0) is 14.8. The molecule has 1 heterocycles. The van der Waals surface area contributed by atoms with Crippen LogP contribution in [0.15, 0.2) is 6.20 Å². The first-order valence-corrected chi connectivity index (χ1v) is 5.15. The fraction of sp³-hybridized carbons (Fsp3) is 0.400. The maximum Gasteiger partial charge on any atom is 0.418 e. The number of nitrogens with zero attached hydrogens (tertiary/aromatic N) is 1. The normalized spacial score (nSPS) is 11.8. The van der Waals surface area contributed by atoms with E-state index in [4.69, 9.17) is 11.6 Å². The smallest absolute Gasteiger partial charge is 0.418 e. The summed E-state index contributed by atoms with van der Waals surface area (Å²) in [6.45, 7) is 0. The van der Waals surface area contributed by atoms with Crippen molar-refractivity contribution < 1.29 is 31.5 Å². The highest BCUT2D eigenvalue weighted by Crippen LogP contribution is 2.40. The molecule has 3 nitrogen and oxygen atoms in total. The molecule has 0 fully saturated rings. The molecule has 0 radical (unpaired) electrons. The van der Waals surface area contributed by atoms with Crippen LogP contribution in [-0.4, -0.2) is 18.1 Å². The number of rotatable bonds is 3. The third-order valence-electron chi connectivity index (χ3n) is 2.18. The second-order valence-corrected chi connectivity index (χ2v) is 3.79. The van der Waals surface area contributed by atoms with Crippen molar-refractivity contribution in [1.29, 1.82) is 0 Å². The zero-order valence-electron chi connectivity index (χ0n) is 9.39. The van der Waals surface area contributed by atoms with Crippen LogP contribution < -0.4 is 0 Å². The van der Waals surface area contributed by atoms with Crippen molar-refractivity contribution in [1.82, 2.24) is 4.98 Å². The molecule has 0 saturated heterocycles. The lowest BCUT2D eigenvalue weighted by molar-refractivity contribution is -0.141. The number of aromatic nitrogens is 1. The fourth-order valence-corrected chi connectivity index (χ4v) is 1.72. The molecule has 0 N–H and O–H groups in total. The summed E-state index contributed by atoms with van der Waals surface area (Å²) >= 11 is 5.31. The average Bonchev–Trinajstić information content (AvgIpc) is 2.26.